The summed E-state index contributed by atoms with van der Waals surface area (Å²) in [4.78, 5) is 9.75. The Kier molecular flexibility index (Phi) is 5.79. The number of anilines is 2. The first-order valence-corrected chi connectivity index (χ1v) is 9.00. The fourth-order valence-corrected chi connectivity index (χ4v) is 3.33. The van der Waals surface area contributed by atoms with Gasteiger partial charge in [0.1, 0.15) is 5.82 Å². The standard InChI is InChI=1S/C18H20F3N5S/c1-12-9-15(18(19,20)21)16(23-10-12)26-7-4-13(5-8-26)24-17(27)25-14-3-2-6-22-11-14/h2-3,6,9-11,13H,4-5,7-8H2,1H3,(H2,24,25,27). The molecule has 9 heteroatoms. The smallest absolute Gasteiger partial charge is 0.360 e. The first kappa shape index (κ1) is 19.3. The van der Waals surface area contributed by atoms with Gasteiger partial charge in [-0.1, -0.05) is 0 Å². The van der Waals surface area contributed by atoms with E-state index in [4.69, 9.17) is 12.2 Å². The summed E-state index contributed by atoms with van der Waals surface area (Å²) in [5.41, 5.74) is 0.600. The molecule has 0 aliphatic carbocycles. The van der Waals surface area contributed by atoms with E-state index in [0.29, 0.717) is 36.6 Å². The summed E-state index contributed by atoms with van der Waals surface area (Å²) in [6.45, 7) is 2.57. The van der Waals surface area contributed by atoms with Crippen LogP contribution in [0.25, 0.3) is 0 Å². The maximum absolute atomic E-state index is 13.3. The van der Waals surface area contributed by atoms with Crippen LogP contribution in [-0.4, -0.2) is 34.2 Å². The molecule has 1 saturated heterocycles. The van der Waals surface area contributed by atoms with E-state index in [0.717, 1.165) is 11.8 Å². The van der Waals surface area contributed by atoms with E-state index in [1.54, 1.807) is 30.3 Å². The number of rotatable bonds is 3. The molecule has 5 nitrogen and oxygen atoms in total. The van der Waals surface area contributed by atoms with E-state index in [-0.39, 0.29) is 11.9 Å². The molecule has 0 radical (unpaired) electrons. The highest BCUT2D eigenvalue weighted by Gasteiger charge is 2.36. The van der Waals surface area contributed by atoms with Gasteiger partial charge < -0.3 is 15.5 Å². The highest BCUT2D eigenvalue weighted by molar-refractivity contribution is 7.80. The van der Waals surface area contributed by atoms with Crippen molar-refractivity contribution in [3.05, 3.63) is 47.9 Å². The van der Waals surface area contributed by atoms with Gasteiger partial charge in [0.2, 0.25) is 0 Å². The van der Waals surface area contributed by atoms with Gasteiger partial charge in [0.05, 0.1) is 17.4 Å². The van der Waals surface area contributed by atoms with Gasteiger partial charge in [-0.2, -0.15) is 13.2 Å². The Labute approximate surface area is 161 Å². The summed E-state index contributed by atoms with van der Waals surface area (Å²) in [6.07, 6.45) is 1.73. The Hall–Kier alpha value is -2.42. The van der Waals surface area contributed by atoms with Crippen molar-refractivity contribution < 1.29 is 13.2 Å². The zero-order valence-electron chi connectivity index (χ0n) is 14.8. The maximum Gasteiger partial charge on any atom is 0.419 e. The SMILES string of the molecule is Cc1cnc(N2CCC(NC(=S)Nc3cccnc3)CC2)c(C(F)(F)F)c1. The Morgan fingerprint density at radius 2 is 2.00 bits per heavy atom. The third-order valence-electron chi connectivity index (χ3n) is 4.36. The van der Waals surface area contributed by atoms with E-state index < -0.39 is 11.7 Å². The van der Waals surface area contributed by atoms with E-state index in [1.165, 1.54) is 6.20 Å². The normalized spacial score (nSPS) is 15.5. The van der Waals surface area contributed by atoms with Crippen LogP contribution in [0.3, 0.4) is 0 Å². The van der Waals surface area contributed by atoms with Crippen molar-refractivity contribution in [2.24, 2.45) is 0 Å². The second kappa shape index (κ2) is 8.08. The number of hydrogen-bond donors (Lipinski definition) is 2. The predicted octanol–water partition coefficient (Wildman–Crippen LogP) is 3.76. The molecule has 144 valence electrons. The molecule has 0 atom stereocenters. The predicted molar refractivity (Wildman–Crippen MR) is 103 cm³/mol. The number of hydrogen-bond acceptors (Lipinski definition) is 4. The molecule has 1 aliphatic rings. The topological polar surface area (TPSA) is 53.1 Å². The zero-order valence-corrected chi connectivity index (χ0v) is 15.6. The van der Waals surface area contributed by atoms with E-state index in [2.05, 4.69) is 20.6 Å². The number of aryl methyl sites for hydroxylation is 1. The average molecular weight is 395 g/mol. The number of nitrogens with zero attached hydrogens (tertiary/aromatic N) is 3. The van der Waals surface area contributed by atoms with Crippen LogP contribution in [0.5, 0.6) is 0 Å². The fraction of sp³-hybridized carbons (Fsp3) is 0.389. The minimum absolute atomic E-state index is 0.00242. The summed E-state index contributed by atoms with van der Waals surface area (Å²) >= 11 is 5.30. The van der Waals surface area contributed by atoms with Crippen LogP contribution in [-0.2, 0) is 6.18 Å². The molecule has 0 aromatic carbocycles. The fourth-order valence-electron chi connectivity index (χ4n) is 3.05. The van der Waals surface area contributed by atoms with E-state index in [1.807, 2.05) is 6.07 Å². The molecule has 2 N–H and O–H groups in total. The van der Waals surface area contributed by atoms with Crippen molar-refractivity contribution in [3.63, 3.8) is 0 Å². The molecule has 2 aromatic rings. The maximum atomic E-state index is 13.3. The average Bonchev–Trinajstić information content (AvgIpc) is 2.62. The van der Waals surface area contributed by atoms with Crippen molar-refractivity contribution in [2.45, 2.75) is 32.0 Å². The van der Waals surface area contributed by atoms with Gasteiger partial charge in [-0.25, -0.2) is 4.98 Å². The zero-order chi connectivity index (χ0) is 19.4. The molecule has 3 rings (SSSR count). The molecule has 27 heavy (non-hydrogen) atoms. The van der Waals surface area contributed by atoms with Crippen LogP contribution in [0.4, 0.5) is 24.7 Å². The molecular formula is C18H20F3N5S. The largest absolute Gasteiger partial charge is 0.419 e. The van der Waals surface area contributed by atoms with Crippen molar-refractivity contribution in [3.8, 4) is 0 Å². The van der Waals surface area contributed by atoms with Crippen molar-refractivity contribution >= 4 is 28.8 Å². The molecule has 0 bridgehead atoms. The van der Waals surface area contributed by atoms with Crippen LogP contribution >= 0.6 is 12.2 Å². The van der Waals surface area contributed by atoms with Gasteiger partial charge in [0.25, 0.3) is 0 Å². The molecule has 0 unspecified atom stereocenters. The highest BCUT2D eigenvalue weighted by atomic mass is 32.1. The number of alkyl halides is 3. The second-order valence-electron chi connectivity index (χ2n) is 6.48. The lowest BCUT2D eigenvalue weighted by atomic mass is 10.0. The minimum atomic E-state index is -4.42. The van der Waals surface area contributed by atoms with Crippen LogP contribution in [0, 0.1) is 6.92 Å². The molecule has 0 spiro atoms. The summed E-state index contributed by atoms with van der Waals surface area (Å²) in [5, 5.41) is 6.74. The first-order valence-electron chi connectivity index (χ1n) is 8.59. The third kappa shape index (κ3) is 5.06. The summed E-state index contributed by atoms with van der Waals surface area (Å²) in [7, 11) is 0. The monoisotopic (exact) mass is 395 g/mol. The summed E-state index contributed by atoms with van der Waals surface area (Å²) < 4.78 is 40.0. The Morgan fingerprint density at radius 1 is 1.26 bits per heavy atom. The van der Waals surface area contributed by atoms with Crippen molar-refractivity contribution in [1.29, 1.82) is 0 Å². The van der Waals surface area contributed by atoms with E-state index in [9.17, 15) is 13.2 Å². The molecular weight excluding hydrogens is 375 g/mol. The Bertz CT molecular complexity index is 789. The second-order valence-corrected chi connectivity index (χ2v) is 6.89. The van der Waals surface area contributed by atoms with Gasteiger partial charge in [0.15, 0.2) is 5.11 Å². The van der Waals surface area contributed by atoms with Crippen LogP contribution in [0.1, 0.15) is 24.0 Å². The Morgan fingerprint density at radius 3 is 2.63 bits per heavy atom. The van der Waals surface area contributed by atoms with Crippen LogP contribution in [0.2, 0.25) is 0 Å². The third-order valence-corrected chi connectivity index (χ3v) is 4.58. The Balaban J connectivity index is 1.59. The molecule has 2 aromatic heterocycles. The van der Waals surface area contributed by atoms with Crippen molar-refractivity contribution in [1.82, 2.24) is 15.3 Å². The van der Waals surface area contributed by atoms with Gasteiger partial charge in [-0.15, -0.1) is 0 Å². The lowest BCUT2D eigenvalue weighted by Gasteiger charge is -2.34. The lowest BCUT2D eigenvalue weighted by molar-refractivity contribution is -0.137. The van der Waals surface area contributed by atoms with Crippen molar-refractivity contribution in [2.75, 3.05) is 23.3 Å². The summed E-state index contributed by atoms with van der Waals surface area (Å²) in [6, 6.07) is 4.90. The first-order chi connectivity index (χ1) is 12.8. The molecule has 1 fully saturated rings. The number of halogens is 3. The highest BCUT2D eigenvalue weighted by Crippen LogP contribution is 2.36. The summed E-state index contributed by atoms with van der Waals surface area (Å²) in [5.74, 6) is 0.00242. The molecule has 3 heterocycles. The van der Waals surface area contributed by atoms with Gasteiger partial charge in [-0.3, -0.25) is 4.98 Å². The van der Waals surface area contributed by atoms with Gasteiger partial charge in [0, 0.05) is 31.5 Å². The number of nitrogens with one attached hydrogen (secondary N) is 2. The quantitative estimate of drug-likeness (QED) is 0.772. The number of pyridine rings is 2. The number of aromatic nitrogens is 2. The van der Waals surface area contributed by atoms with Crippen LogP contribution < -0.4 is 15.5 Å². The number of thiocarbonyl (C=S) groups is 1. The molecule has 0 amide bonds. The van der Waals surface area contributed by atoms with Gasteiger partial charge >= 0.3 is 6.18 Å². The molecule has 0 saturated carbocycles. The van der Waals surface area contributed by atoms with Gasteiger partial charge in [-0.05, 0) is 55.7 Å². The minimum Gasteiger partial charge on any atom is -0.360 e. The molecule has 1 aliphatic heterocycles. The van der Waals surface area contributed by atoms with Crippen LogP contribution in [0.15, 0.2) is 36.8 Å². The lowest BCUT2D eigenvalue weighted by Crippen LogP contribution is -2.46. The van der Waals surface area contributed by atoms with E-state index >= 15 is 0 Å². The number of piperidine rings is 1.